The van der Waals surface area contributed by atoms with Gasteiger partial charge in [-0.1, -0.05) is 63.1 Å². The van der Waals surface area contributed by atoms with E-state index in [9.17, 15) is 33.9 Å². The van der Waals surface area contributed by atoms with Crippen LogP contribution < -0.4 is 20.9 Å². The molecule has 1 aliphatic heterocycles. The number of rotatable bonds is 18. The highest BCUT2D eigenvalue weighted by Gasteiger charge is 2.43. The number of benzene rings is 1. The molecule has 0 saturated heterocycles. The number of aromatic nitrogens is 1. The van der Waals surface area contributed by atoms with Gasteiger partial charge in [-0.2, -0.15) is 0 Å². The molecule has 0 bridgehead atoms. The Morgan fingerprint density at radius 1 is 0.980 bits per heavy atom. The second-order valence-electron chi connectivity index (χ2n) is 13.7. The number of hydrogen-bond donors (Lipinski definition) is 4. The van der Waals surface area contributed by atoms with Gasteiger partial charge in [0.15, 0.2) is 0 Å². The van der Waals surface area contributed by atoms with E-state index in [-0.39, 0.29) is 49.9 Å². The molecule has 0 saturated carbocycles. The molecule has 278 valence electrons. The number of aliphatic carboxylic acids is 1. The lowest BCUT2D eigenvalue weighted by Gasteiger charge is -2.30. The molecule has 2 aromatic rings. The summed E-state index contributed by atoms with van der Waals surface area (Å²) in [5.41, 5.74) is 0.747. The Labute approximate surface area is 299 Å². The van der Waals surface area contributed by atoms with E-state index >= 15 is 0 Å². The van der Waals surface area contributed by atoms with E-state index in [1.807, 2.05) is 25.1 Å². The summed E-state index contributed by atoms with van der Waals surface area (Å²) >= 11 is 0. The number of alkyl carbamates (subject to hydrolysis) is 1. The van der Waals surface area contributed by atoms with Crippen LogP contribution in [0.15, 0.2) is 48.7 Å². The standard InChI is InChI=1S/C37H51N5O9/c1-6-24(2)31(41-29(43)17-11-8-12-20-39-36(49)51-37(3,4)5)33(45)40-27(18-19-30(44)50-23-25-14-9-7-10-15-25)34(46)42-28(35(47)48)22-26-16-13-21-38-32(26)42/h7,9-10,13-16,21,24,27-28,31H,6,8,11-12,17-20,22-23H2,1-5H3,(H,39,49)(H,40,45)(H,41,43)(H,47,48)/t24-,27-,28-,31-/m0/s1. The van der Waals surface area contributed by atoms with Crippen LogP contribution in [-0.2, 0) is 46.5 Å². The fourth-order valence-electron chi connectivity index (χ4n) is 5.51. The zero-order valence-corrected chi connectivity index (χ0v) is 30.1. The molecule has 51 heavy (non-hydrogen) atoms. The molecule has 0 radical (unpaired) electrons. The van der Waals surface area contributed by atoms with Gasteiger partial charge in [0.25, 0.3) is 5.91 Å². The van der Waals surface area contributed by atoms with E-state index in [1.165, 1.54) is 6.20 Å². The lowest BCUT2D eigenvalue weighted by molar-refractivity contribution is -0.146. The quantitative estimate of drug-likeness (QED) is 0.130. The third-order valence-electron chi connectivity index (χ3n) is 8.40. The molecular weight excluding hydrogens is 658 g/mol. The number of esters is 1. The van der Waals surface area contributed by atoms with Crippen molar-refractivity contribution in [2.75, 3.05) is 11.4 Å². The van der Waals surface area contributed by atoms with Gasteiger partial charge < -0.3 is 30.5 Å². The SMILES string of the molecule is CC[C@H](C)[C@H](NC(=O)CCCCCNC(=O)OC(C)(C)C)C(=O)N[C@@H](CCC(=O)OCc1ccccc1)C(=O)N1c2ncccc2C[C@H]1C(=O)O. The Bertz CT molecular complexity index is 1510. The zero-order chi connectivity index (χ0) is 37.6. The number of pyridine rings is 1. The van der Waals surface area contributed by atoms with Gasteiger partial charge >= 0.3 is 18.0 Å². The molecule has 4 atom stereocenters. The number of hydrogen-bond acceptors (Lipinski definition) is 9. The highest BCUT2D eigenvalue weighted by Crippen LogP contribution is 2.31. The molecule has 14 nitrogen and oxygen atoms in total. The van der Waals surface area contributed by atoms with Crippen molar-refractivity contribution in [2.24, 2.45) is 5.92 Å². The minimum Gasteiger partial charge on any atom is -0.480 e. The molecule has 0 unspecified atom stereocenters. The van der Waals surface area contributed by atoms with E-state index in [0.717, 1.165) is 10.5 Å². The summed E-state index contributed by atoms with van der Waals surface area (Å²) in [7, 11) is 0. The van der Waals surface area contributed by atoms with Crippen LogP contribution in [0.2, 0.25) is 0 Å². The van der Waals surface area contributed by atoms with Gasteiger partial charge in [0.2, 0.25) is 11.8 Å². The van der Waals surface area contributed by atoms with Crippen LogP contribution in [0, 0.1) is 5.92 Å². The molecular formula is C37H51N5O9. The summed E-state index contributed by atoms with van der Waals surface area (Å²) in [5, 5.41) is 18.2. The van der Waals surface area contributed by atoms with E-state index in [2.05, 4.69) is 20.9 Å². The van der Waals surface area contributed by atoms with Gasteiger partial charge in [-0.25, -0.2) is 14.6 Å². The third kappa shape index (κ3) is 13.0. The number of fused-ring (bicyclic) bond motifs is 1. The van der Waals surface area contributed by atoms with Crippen LogP contribution in [0.3, 0.4) is 0 Å². The summed E-state index contributed by atoms with van der Waals surface area (Å²) in [6.45, 7) is 9.41. The second-order valence-corrected chi connectivity index (χ2v) is 13.7. The summed E-state index contributed by atoms with van der Waals surface area (Å²) in [6.07, 6.45) is 3.02. The second kappa shape index (κ2) is 19.4. The summed E-state index contributed by atoms with van der Waals surface area (Å²) in [6, 6.07) is 8.82. The van der Waals surface area contributed by atoms with Crippen LogP contribution in [0.5, 0.6) is 0 Å². The van der Waals surface area contributed by atoms with Gasteiger partial charge in [-0.15, -0.1) is 0 Å². The number of carboxylic acid groups (broad SMARTS) is 1. The van der Waals surface area contributed by atoms with E-state index < -0.39 is 53.6 Å². The maximum absolute atomic E-state index is 14.1. The molecule has 0 spiro atoms. The van der Waals surface area contributed by atoms with Crippen molar-refractivity contribution in [3.63, 3.8) is 0 Å². The molecule has 4 amide bonds. The first kappa shape index (κ1) is 40.4. The molecule has 0 aliphatic carbocycles. The van der Waals surface area contributed by atoms with Crippen molar-refractivity contribution < 1.29 is 43.3 Å². The Morgan fingerprint density at radius 2 is 1.71 bits per heavy atom. The van der Waals surface area contributed by atoms with Gasteiger partial charge in [0, 0.05) is 32.0 Å². The first-order valence-corrected chi connectivity index (χ1v) is 17.5. The lowest BCUT2D eigenvalue weighted by Crippen LogP contribution is -2.58. The van der Waals surface area contributed by atoms with Crippen LogP contribution >= 0.6 is 0 Å². The number of nitrogens with one attached hydrogen (secondary N) is 3. The number of carboxylic acids is 1. The number of carbonyl (C=O) groups is 6. The minimum absolute atomic E-state index is 0.0253. The van der Waals surface area contributed by atoms with Crippen molar-refractivity contribution in [1.29, 1.82) is 0 Å². The Hall–Kier alpha value is -5.01. The fraction of sp³-hybridized carbons (Fsp3) is 0.541. The number of unbranched alkanes of at least 4 members (excludes halogenated alkanes) is 2. The molecule has 4 N–H and O–H groups in total. The minimum atomic E-state index is -1.32. The van der Waals surface area contributed by atoms with Crippen molar-refractivity contribution in [1.82, 2.24) is 20.9 Å². The van der Waals surface area contributed by atoms with E-state index in [4.69, 9.17) is 9.47 Å². The predicted molar refractivity (Wildman–Crippen MR) is 188 cm³/mol. The largest absolute Gasteiger partial charge is 0.480 e. The van der Waals surface area contributed by atoms with Gasteiger partial charge in [0.05, 0.1) is 0 Å². The monoisotopic (exact) mass is 709 g/mol. The molecule has 14 heteroatoms. The Kier molecular flexibility index (Phi) is 15.4. The van der Waals surface area contributed by atoms with Crippen LogP contribution in [0.1, 0.15) is 90.7 Å². The average Bonchev–Trinajstić information content (AvgIpc) is 3.48. The predicted octanol–water partition coefficient (Wildman–Crippen LogP) is 4.05. The molecule has 1 aliphatic rings. The summed E-state index contributed by atoms with van der Waals surface area (Å²) < 4.78 is 10.6. The van der Waals surface area contributed by atoms with Gasteiger partial charge in [0.1, 0.15) is 36.2 Å². The van der Waals surface area contributed by atoms with Gasteiger partial charge in [-0.05, 0) is 63.1 Å². The lowest BCUT2D eigenvalue weighted by atomic mass is 9.97. The highest BCUT2D eigenvalue weighted by molar-refractivity contribution is 6.05. The Balaban J connectivity index is 1.68. The molecule has 2 heterocycles. The molecule has 3 rings (SSSR count). The number of nitrogens with zero attached hydrogens (tertiary/aromatic N) is 2. The summed E-state index contributed by atoms with van der Waals surface area (Å²) in [4.78, 5) is 83.0. The van der Waals surface area contributed by atoms with E-state index in [0.29, 0.717) is 37.8 Å². The van der Waals surface area contributed by atoms with Crippen LogP contribution in [0.25, 0.3) is 0 Å². The topological polar surface area (TPSA) is 193 Å². The number of carbonyl (C=O) groups excluding carboxylic acids is 5. The first-order valence-electron chi connectivity index (χ1n) is 17.5. The van der Waals surface area contributed by atoms with Crippen LogP contribution in [0.4, 0.5) is 10.6 Å². The Morgan fingerprint density at radius 3 is 2.37 bits per heavy atom. The van der Waals surface area contributed by atoms with Crippen molar-refractivity contribution in [3.8, 4) is 0 Å². The zero-order valence-electron chi connectivity index (χ0n) is 30.1. The smallest absolute Gasteiger partial charge is 0.407 e. The normalized spacial score (nSPS) is 15.5. The van der Waals surface area contributed by atoms with Gasteiger partial charge in [-0.3, -0.25) is 24.1 Å². The van der Waals surface area contributed by atoms with Crippen molar-refractivity contribution >= 4 is 41.6 Å². The summed E-state index contributed by atoms with van der Waals surface area (Å²) in [5.74, 6) is -3.71. The maximum Gasteiger partial charge on any atom is 0.407 e. The first-order chi connectivity index (χ1) is 24.2. The third-order valence-corrected chi connectivity index (χ3v) is 8.40. The van der Waals surface area contributed by atoms with Crippen molar-refractivity contribution in [3.05, 3.63) is 59.8 Å². The van der Waals surface area contributed by atoms with Crippen LogP contribution in [-0.4, -0.2) is 76.1 Å². The molecule has 1 aromatic carbocycles. The fourth-order valence-corrected chi connectivity index (χ4v) is 5.51. The molecule has 0 fully saturated rings. The molecule has 1 aromatic heterocycles. The number of ether oxygens (including phenoxy) is 2. The maximum atomic E-state index is 14.1. The highest BCUT2D eigenvalue weighted by atomic mass is 16.6. The average molecular weight is 710 g/mol. The number of amides is 4. The number of anilines is 1. The van der Waals surface area contributed by atoms with Crippen molar-refractivity contribution in [2.45, 2.75) is 116 Å². The van der Waals surface area contributed by atoms with E-state index in [1.54, 1.807) is 52.0 Å².